The van der Waals surface area contributed by atoms with Crippen molar-refractivity contribution in [3.05, 3.63) is 0 Å². The molecule has 0 aromatic rings. The van der Waals surface area contributed by atoms with Crippen molar-refractivity contribution >= 4 is 12.6 Å². The Morgan fingerprint density at radius 2 is 2.75 bits per heavy atom. The van der Waals surface area contributed by atoms with Gasteiger partial charge in [-0.05, 0) is 6.72 Å². The maximum Gasteiger partial charge on any atom is 0.273 e. The Morgan fingerprint density at radius 1 is 2.00 bits per heavy atom. The van der Waals surface area contributed by atoms with E-state index < -0.39 is 6.23 Å². The molecule has 44 valence electrons. The molecule has 1 heterocycles. The molecule has 0 aliphatic carbocycles. The molecule has 1 aliphatic rings. The third-order valence-corrected chi connectivity index (χ3v) is 0.878. The lowest BCUT2D eigenvalue weighted by Gasteiger charge is -1.93. The number of carbonyl (C=O) groups excluding carboxylic acids is 1. The number of hydrogen-bond acceptors (Lipinski definition) is 3. The van der Waals surface area contributed by atoms with Gasteiger partial charge in [-0.25, -0.2) is 0 Å². The van der Waals surface area contributed by atoms with Crippen LogP contribution < -0.4 is 5.32 Å². The van der Waals surface area contributed by atoms with Gasteiger partial charge in [-0.2, -0.15) is 0 Å². The molecule has 1 amide bonds. The van der Waals surface area contributed by atoms with Gasteiger partial charge in [0, 0.05) is 0 Å². The molecule has 4 heteroatoms. The standard InChI is InChI=1S/C4H6N2O2/c1-5-4-3(7)6-2-8-4/h4H,1-2H2,(H,6,7). The van der Waals surface area contributed by atoms with Crippen LogP contribution in [-0.2, 0) is 9.53 Å². The summed E-state index contributed by atoms with van der Waals surface area (Å²) in [6, 6.07) is 0. The number of nitrogens with one attached hydrogen (secondary N) is 1. The Morgan fingerprint density at radius 3 is 3.00 bits per heavy atom. The van der Waals surface area contributed by atoms with Gasteiger partial charge in [-0.15, -0.1) is 0 Å². The van der Waals surface area contributed by atoms with Crippen molar-refractivity contribution in [2.24, 2.45) is 4.99 Å². The normalized spacial score (nSPS) is 27.5. The van der Waals surface area contributed by atoms with Gasteiger partial charge in [-0.1, -0.05) is 0 Å². The summed E-state index contributed by atoms with van der Waals surface area (Å²) in [5, 5.41) is 2.43. The number of amides is 1. The summed E-state index contributed by atoms with van der Waals surface area (Å²) in [6.07, 6.45) is -0.671. The Kier molecular flexibility index (Phi) is 1.26. The van der Waals surface area contributed by atoms with E-state index in [1.54, 1.807) is 0 Å². The molecule has 1 rings (SSSR count). The molecular formula is C4H6N2O2. The second kappa shape index (κ2) is 1.92. The monoisotopic (exact) mass is 114 g/mol. The van der Waals surface area contributed by atoms with Gasteiger partial charge in [0.2, 0.25) is 6.23 Å². The van der Waals surface area contributed by atoms with Gasteiger partial charge >= 0.3 is 0 Å². The van der Waals surface area contributed by atoms with Crippen molar-refractivity contribution in [3.8, 4) is 0 Å². The van der Waals surface area contributed by atoms with Gasteiger partial charge in [0.15, 0.2) is 0 Å². The third kappa shape index (κ3) is 0.696. The van der Waals surface area contributed by atoms with Gasteiger partial charge in [-0.3, -0.25) is 9.79 Å². The molecule has 1 saturated heterocycles. The highest BCUT2D eigenvalue weighted by atomic mass is 16.5. The predicted octanol–water partition coefficient (Wildman–Crippen LogP) is -0.883. The number of aliphatic imine (C=N–C) groups is 1. The second-order valence-corrected chi connectivity index (χ2v) is 1.39. The van der Waals surface area contributed by atoms with Crippen molar-refractivity contribution in [2.75, 3.05) is 6.73 Å². The van der Waals surface area contributed by atoms with Crippen molar-refractivity contribution < 1.29 is 9.53 Å². The highest BCUT2D eigenvalue weighted by Crippen LogP contribution is 1.97. The third-order valence-electron chi connectivity index (χ3n) is 0.878. The van der Waals surface area contributed by atoms with Crippen LogP contribution in [0.3, 0.4) is 0 Å². The van der Waals surface area contributed by atoms with Crippen molar-refractivity contribution in [1.82, 2.24) is 5.32 Å². The van der Waals surface area contributed by atoms with Crippen LogP contribution in [0, 0.1) is 0 Å². The zero-order valence-electron chi connectivity index (χ0n) is 4.26. The zero-order chi connectivity index (χ0) is 5.98. The van der Waals surface area contributed by atoms with Crippen molar-refractivity contribution in [1.29, 1.82) is 0 Å². The first kappa shape index (κ1) is 5.24. The summed E-state index contributed by atoms with van der Waals surface area (Å²) >= 11 is 0. The van der Waals surface area contributed by atoms with Crippen LogP contribution >= 0.6 is 0 Å². The fourth-order valence-electron chi connectivity index (χ4n) is 0.490. The van der Waals surface area contributed by atoms with E-state index in [4.69, 9.17) is 4.74 Å². The number of hydrogen-bond donors (Lipinski definition) is 1. The van der Waals surface area contributed by atoms with Crippen LogP contribution in [0.2, 0.25) is 0 Å². The number of rotatable bonds is 1. The molecule has 1 N–H and O–H groups in total. The second-order valence-electron chi connectivity index (χ2n) is 1.39. The van der Waals surface area contributed by atoms with E-state index in [0.717, 1.165) is 0 Å². The van der Waals surface area contributed by atoms with Crippen LogP contribution in [-0.4, -0.2) is 25.6 Å². The van der Waals surface area contributed by atoms with Gasteiger partial charge in [0.1, 0.15) is 6.73 Å². The molecule has 4 nitrogen and oxygen atoms in total. The summed E-state index contributed by atoms with van der Waals surface area (Å²) in [5.41, 5.74) is 0. The van der Waals surface area contributed by atoms with Gasteiger partial charge in [0.05, 0.1) is 0 Å². The molecule has 1 fully saturated rings. The highest BCUT2D eigenvalue weighted by Gasteiger charge is 2.21. The van der Waals surface area contributed by atoms with E-state index in [-0.39, 0.29) is 12.6 Å². The fourth-order valence-corrected chi connectivity index (χ4v) is 0.490. The molecule has 1 atom stereocenters. The molecule has 1 aliphatic heterocycles. The largest absolute Gasteiger partial charge is 0.329 e. The molecule has 0 bridgehead atoms. The van der Waals surface area contributed by atoms with E-state index in [2.05, 4.69) is 17.0 Å². The van der Waals surface area contributed by atoms with Crippen LogP contribution in [0.15, 0.2) is 4.99 Å². The van der Waals surface area contributed by atoms with Crippen LogP contribution in [0.1, 0.15) is 0 Å². The summed E-state index contributed by atoms with van der Waals surface area (Å²) in [5.74, 6) is -0.208. The smallest absolute Gasteiger partial charge is 0.273 e. The number of carbonyl (C=O) groups is 1. The Labute approximate surface area is 46.5 Å². The average molecular weight is 114 g/mol. The lowest BCUT2D eigenvalue weighted by molar-refractivity contribution is -0.123. The maximum absolute atomic E-state index is 10.4. The molecule has 1 unspecified atom stereocenters. The van der Waals surface area contributed by atoms with Crippen LogP contribution in [0.25, 0.3) is 0 Å². The van der Waals surface area contributed by atoms with Crippen molar-refractivity contribution in [3.63, 3.8) is 0 Å². The van der Waals surface area contributed by atoms with E-state index >= 15 is 0 Å². The fraction of sp³-hybridized carbons (Fsp3) is 0.500. The van der Waals surface area contributed by atoms with E-state index in [0.29, 0.717) is 0 Å². The minimum absolute atomic E-state index is 0.208. The molecule has 0 aromatic heterocycles. The summed E-state index contributed by atoms with van der Waals surface area (Å²) in [7, 11) is 0. The van der Waals surface area contributed by atoms with E-state index in [9.17, 15) is 4.79 Å². The molecule has 0 radical (unpaired) electrons. The van der Waals surface area contributed by atoms with E-state index in [1.165, 1.54) is 0 Å². The maximum atomic E-state index is 10.4. The SMILES string of the molecule is C=NC1OCNC1=O. The Balaban J connectivity index is 2.54. The molecule has 8 heavy (non-hydrogen) atoms. The minimum Gasteiger partial charge on any atom is -0.329 e. The molecule has 0 aromatic carbocycles. The summed E-state index contributed by atoms with van der Waals surface area (Å²) in [4.78, 5) is 13.8. The zero-order valence-corrected chi connectivity index (χ0v) is 4.26. The van der Waals surface area contributed by atoms with E-state index in [1.807, 2.05) is 0 Å². The first-order valence-corrected chi connectivity index (χ1v) is 2.20. The lowest BCUT2D eigenvalue weighted by Crippen LogP contribution is -2.21. The predicted molar refractivity (Wildman–Crippen MR) is 27.4 cm³/mol. The van der Waals surface area contributed by atoms with Gasteiger partial charge < -0.3 is 10.1 Å². The highest BCUT2D eigenvalue weighted by molar-refractivity contribution is 5.82. The Hall–Kier alpha value is -0.900. The Bertz CT molecular complexity index is 123. The van der Waals surface area contributed by atoms with Crippen molar-refractivity contribution in [2.45, 2.75) is 6.23 Å². The first-order chi connectivity index (χ1) is 3.84. The quantitative estimate of drug-likeness (QED) is 0.450. The first-order valence-electron chi connectivity index (χ1n) is 2.20. The molecule has 0 spiro atoms. The van der Waals surface area contributed by atoms with Crippen LogP contribution in [0.4, 0.5) is 0 Å². The summed E-state index contributed by atoms with van der Waals surface area (Å²) < 4.78 is 4.72. The van der Waals surface area contributed by atoms with Crippen LogP contribution in [0.5, 0.6) is 0 Å². The number of nitrogens with zero attached hydrogens (tertiary/aromatic N) is 1. The lowest BCUT2D eigenvalue weighted by atomic mass is 10.6. The summed E-state index contributed by atoms with van der Waals surface area (Å²) in [6.45, 7) is 3.41. The molecule has 0 saturated carbocycles. The number of ether oxygens (including phenoxy) is 1. The minimum atomic E-state index is -0.671. The van der Waals surface area contributed by atoms with Gasteiger partial charge in [0.25, 0.3) is 5.91 Å². The topological polar surface area (TPSA) is 50.7 Å². The average Bonchev–Trinajstić information content (AvgIpc) is 2.14. The molecular weight excluding hydrogens is 108 g/mol.